The van der Waals surface area contributed by atoms with Crippen molar-refractivity contribution in [2.24, 2.45) is 11.8 Å². The maximum atomic E-state index is 13.9. The summed E-state index contributed by atoms with van der Waals surface area (Å²) in [6.45, 7) is 3.34. The quantitative estimate of drug-likeness (QED) is 0.268. The molecule has 1 saturated carbocycles. The second-order valence-corrected chi connectivity index (χ2v) is 13.2. The molecule has 2 bridgehead atoms. The largest absolute Gasteiger partial charge is 0.396 e. The molecule has 3 unspecified atom stereocenters. The third-order valence-corrected chi connectivity index (χ3v) is 11.4. The lowest BCUT2D eigenvalue weighted by Crippen LogP contribution is -2.56. The zero-order valence-corrected chi connectivity index (χ0v) is 22.7. The van der Waals surface area contributed by atoms with E-state index in [0.717, 1.165) is 64.2 Å². The molecule has 0 aromatic heterocycles. The van der Waals surface area contributed by atoms with Gasteiger partial charge in [0.05, 0.1) is 16.6 Å². The van der Waals surface area contributed by atoms with Gasteiger partial charge < -0.3 is 20.6 Å². The number of hydrogen-bond acceptors (Lipinski definition) is 5. The van der Waals surface area contributed by atoms with Crippen LogP contribution >= 0.6 is 27.7 Å². The number of amides is 3. The van der Waals surface area contributed by atoms with E-state index in [2.05, 4.69) is 26.6 Å². The normalized spacial score (nSPS) is 35.0. The number of fused-ring (bicyclic) bond motifs is 1. The summed E-state index contributed by atoms with van der Waals surface area (Å²) in [6.07, 6.45) is 10.5. The molecule has 3 saturated heterocycles. The molecule has 7 nitrogen and oxygen atoms in total. The molecule has 192 valence electrons. The number of unbranched alkanes of at least 4 members (excludes halogenated alkanes) is 3. The number of carbonyl (C=O) groups is 3. The van der Waals surface area contributed by atoms with Gasteiger partial charge >= 0.3 is 0 Å². The van der Waals surface area contributed by atoms with Gasteiger partial charge in [0.25, 0.3) is 0 Å². The molecule has 3 aliphatic heterocycles. The van der Waals surface area contributed by atoms with Crippen molar-refractivity contribution in [1.29, 1.82) is 0 Å². The predicted octanol–water partition coefficient (Wildman–Crippen LogP) is 2.98. The molecule has 4 aliphatic rings. The van der Waals surface area contributed by atoms with Gasteiger partial charge in [0, 0.05) is 35.8 Å². The third kappa shape index (κ3) is 4.90. The number of rotatable bonds is 11. The predicted molar refractivity (Wildman–Crippen MR) is 138 cm³/mol. The molecule has 0 aromatic carbocycles. The minimum Gasteiger partial charge on any atom is -0.396 e. The second kappa shape index (κ2) is 11.5. The molecule has 3 amide bonds. The number of thioether (sulfide) groups is 1. The van der Waals surface area contributed by atoms with Gasteiger partial charge in [-0.1, -0.05) is 55.0 Å². The lowest BCUT2D eigenvalue weighted by molar-refractivity contribution is -0.140. The Morgan fingerprint density at radius 2 is 1.88 bits per heavy atom. The lowest BCUT2D eigenvalue weighted by Gasteiger charge is -2.36. The van der Waals surface area contributed by atoms with Crippen molar-refractivity contribution >= 4 is 45.4 Å². The monoisotopic (exact) mass is 557 g/mol. The van der Waals surface area contributed by atoms with E-state index in [9.17, 15) is 14.4 Å². The van der Waals surface area contributed by atoms with E-state index in [0.29, 0.717) is 13.1 Å². The average Bonchev–Trinajstić information content (AvgIpc) is 3.41. The van der Waals surface area contributed by atoms with Crippen LogP contribution in [0.5, 0.6) is 0 Å². The Morgan fingerprint density at radius 1 is 1.15 bits per heavy atom. The van der Waals surface area contributed by atoms with Crippen LogP contribution in [-0.2, 0) is 14.4 Å². The molecule has 6 atom stereocenters. The van der Waals surface area contributed by atoms with Gasteiger partial charge in [-0.05, 0) is 38.5 Å². The highest BCUT2D eigenvalue weighted by atomic mass is 79.9. The molecule has 0 radical (unpaired) electrons. The van der Waals surface area contributed by atoms with Crippen molar-refractivity contribution in [2.45, 2.75) is 104 Å². The standard InChI is InChI=1S/C25H40BrN3O4S/c1-2-12-27-22(31)18-19-24(33)29(13-8-3-4-9-14-30)21(25(19)15-17(26)20(18)34-25)23(32)28-16-10-6-5-7-11-16/h16-21,30H,2-15H2,1H3,(H,27,31)(H,28,32)/t17?,18-,19-,20-,21?,25?/m0/s1. The van der Waals surface area contributed by atoms with E-state index in [4.69, 9.17) is 5.11 Å². The number of halogens is 1. The van der Waals surface area contributed by atoms with Crippen LogP contribution in [0, 0.1) is 11.8 Å². The topological polar surface area (TPSA) is 98.7 Å². The second-order valence-electron chi connectivity index (χ2n) is 10.5. The highest BCUT2D eigenvalue weighted by Crippen LogP contribution is 2.67. The molecule has 4 fully saturated rings. The van der Waals surface area contributed by atoms with E-state index in [-0.39, 0.29) is 40.4 Å². The lowest BCUT2D eigenvalue weighted by atomic mass is 9.70. The Bertz CT molecular complexity index is 764. The fraction of sp³-hybridized carbons (Fsp3) is 0.880. The third-order valence-electron chi connectivity index (χ3n) is 8.15. The number of alkyl halides is 1. The van der Waals surface area contributed by atoms with Crippen LogP contribution in [-0.4, -0.2) is 74.3 Å². The van der Waals surface area contributed by atoms with E-state index >= 15 is 0 Å². The fourth-order valence-corrected chi connectivity index (χ4v) is 10.2. The number of carbonyl (C=O) groups excluding carboxylic acids is 3. The summed E-state index contributed by atoms with van der Waals surface area (Å²) in [4.78, 5) is 42.9. The molecule has 1 spiro atoms. The molecule has 34 heavy (non-hydrogen) atoms. The summed E-state index contributed by atoms with van der Waals surface area (Å²) in [5.74, 6) is -0.920. The van der Waals surface area contributed by atoms with Gasteiger partial charge in [-0.15, -0.1) is 11.8 Å². The van der Waals surface area contributed by atoms with Gasteiger partial charge in [-0.3, -0.25) is 14.4 Å². The molecule has 3 heterocycles. The van der Waals surface area contributed by atoms with Crippen molar-refractivity contribution in [3.05, 3.63) is 0 Å². The van der Waals surface area contributed by atoms with Crippen LogP contribution < -0.4 is 10.6 Å². The number of likely N-dealkylation sites (tertiary alicyclic amines) is 1. The smallest absolute Gasteiger partial charge is 0.244 e. The Balaban J connectivity index is 1.58. The first kappa shape index (κ1) is 26.3. The van der Waals surface area contributed by atoms with Crippen LogP contribution in [0.3, 0.4) is 0 Å². The minimum atomic E-state index is -0.548. The maximum Gasteiger partial charge on any atom is 0.244 e. The molecule has 0 aromatic rings. The van der Waals surface area contributed by atoms with E-state index < -0.39 is 22.6 Å². The Hall–Kier alpha value is -0.800. The zero-order valence-electron chi connectivity index (χ0n) is 20.3. The number of nitrogens with zero attached hydrogens (tertiary/aromatic N) is 1. The zero-order chi connectivity index (χ0) is 24.3. The Morgan fingerprint density at radius 3 is 2.59 bits per heavy atom. The fourth-order valence-electron chi connectivity index (χ4n) is 6.61. The highest BCUT2D eigenvalue weighted by molar-refractivity contribution is 9.09. The summed E-state index contributed by atoms with van der Waals surface area (Å²) in [6, 6.07) is -0.339. The van der Waals surface area contributed by atoms with E-state index in [1.54, 1.807) is 11.8 Å². The van der Waals surface area contributed by atoms with Crippen LogP contribution in [0.15, 0.2) is 0 Å². The first-order valence-electron chi connectivity index (χ1n) is 13.3. The number of aliphatic hydroxyl groups is 1. The number of nitrogens with one attached hydrogen (secondary N) is 2. The van der Waals surface area contributed by atoms with Gasteiger partial charge in [0.2, 0.25) is 17.7 Å². The summed E-state index contributed by atoms with van der Waals surface area (Å²) in [5.41, 5.74) is 0. The number of hydrogen-bond donors (Lipinski definition) is 3. The van der Waals surface area contributed by atoms with Gasteiger partial charge in [0.1, 0.15) is 6.04 Å². The van der Waals surface area contributed by atoms with Gasteiger partial charge in [-0.2, -0.15) is 0 Å². The molecule has 3 N–H and O–H groups in total. The molecule has 9 heteroatoms. The summed E-state index contributed by atoms with van der Waals surface area (Å²) < 4.78 is -0.548. The minimum absolute atomic E-state index is 0.0162. The van der Waals surface area contributed by atoms with Gasteiger partial charge in [-0.25, -0.2) is 0 Å². The first-order valence-corrected chi connectivity index (χ1v) is 15.1. The average molecular weight is 559 g/mol. The first-order chi connectivity index (χ1) is 16.4. The highest BCUT2D eigenvalue weighted by Gasteiger charge is 2.75. The van der Waals surface area contributed by atoms with Crippen molar-refractivity contribution < 1.29 is 19.5 Å². The van der Waals surface area contributed by atoms with Crippen LogP contribution in [0.1, 0.15) is 77.6 Å². The Kier molecular flexibility index (Phi) is 8.89. The van der Waals surface area contributed by atoms with Crippen LogP contribution in [0.4, 0.5) is 0 Å². The summed E-state index contributed by atoms with van der Waals surface area (Å²) in [5, 5.41) is 15.4. The van der Waals surface area contributed by atoms with Crippen molar-refractivity contribution in [2.75, 3.05) is 19.7 Å². The van der Waals surface area contributed by atoms with E-state index in [1.807, 2.05) is 11.8 Å². The van der Waals surface area contributed by atoms with Crippen molar-refractivity contribution in [1.82, 2.24) is 15.5 Å². The van der Waals surface area contributed by atoms with Gasteiger partial charge in [0.15, 0.2) is 0 Å². The van der Waals surface area contributed by atoms with Crippen LogP contribution in [0.2, 0.25) is 0 Å². The molecule has 1 aliphatic carbocycles. The molecule has 4 rings (SSSR count). The van der Waals surface area contributed by atoms with Crippen LogP contribution in [0.25, 0.3) is 0 Å². The number of aliphatic hydroxyl groups excluding tert-OH is 1. The summed E-state index contributed by atoms with van der Waals surface area (Å²) >= 11 is 5.53. The maximum absolute atomic E-state index is 13.9. The summed E-state index contributed by atoms with van der Waals surface area (Å²) in [7, 11) is 0. The van der Waals surface area contributed by atoms with Crippen molar-refractivity contribution in [3.63, 3.8) is 0 Å². The molecular weight excluding hydrogens is 518 g/mol. The van der Waals surface area contributed by atoms with Crippen molar-refractivity contribution in [3.8, 4) is 0 Å². The Labute approximate surface area is 216 Å². The molecular formula is C25H40BrN3O4S. The SMILES string of the molecule is CCCNC(=O)[C@H]1[C@H]2C(=O)N(CCCCCCO)C(C(=O)NC3CCCCC3)C23CC(Br)[C@@H]1S3. The van der Waals surface area contributed by atoms with E-state index in [1.165, 1.54) is 6.42 Å².